The van der Waals surface area contributed by atoms with Crippen molar-refractivity contribution < 1.29 is 0 Å². The molecule has 0 unspecified atom stereocenters. The van der Waals surface area contributed by atoms with Crippen molar-refractivity contribution >= 4 is 74.9 Å². The Morgan fingerprint density at radius 2 is 1.33 bits per heavy atom. The van der Waals surface area contributed by atoms with E-state index in [-0.39, 0.29) is 0 Å². The number of rotatable bonds is 1. The molecule has 4 rings (SSSR count). The van der Waals surface area contributed by atoms with Gasteiger partial charge in [-0.25, -0.2) is 0 Å². The summed E-state index contributed by atoms with van der Waals surface area (Å²) in [5.74, 6) is 0. The molecule has 0 spiro atoms. The predicted octanol–water partition coefficient (Wildman–Crippen LogP) is 6.12. The molecule has 0 nitrogen and oxygen atoms in total. The molecule has 0 aliphatic rings. The first-order chi connectivity index (χ1) is 9.93. The van der Waals surface area contributed by atoms with Crippen LogP contribution in [0.3, 0.4) is 0 Å². The molecule has 0 aliphatic carbocycles. The van der Waals surface area contributed by atoms with Crippen LogP contribution in [-0.4, -0.2) is 18.4 Å². The summed E-state index contributed by atoms with van der Waals surface area (Å²) in [5.41, 5.74) is 0. The molecule has 0 aliphatic heterocycles. The van der Waals surface area contributed by atoms with Gasteiger partial charge in [0.15, 0.2) is 0 Å². The summed E-state index contributed by atoms with van der Waals surface area (Å²) in [6.07, 6.45) is 0. The molecule has 0 bridgehead atoms. The van der Waals surface area contributed by atoms with E-state index in [2.05, 4.69) is 58.1 Å². The first-order valence-corrected chi connectivity index (χ1v) is 18.9. The van der Waals surface area contributed by atoms with E-state index in [0.717, 1.165) is 0 Å². The SMILES string of the molecule is Cc1cc2ccc3c(ccc4c[c]([Sn]([CH3])([CH3])[CH3])sc43)c2s1. The maximum absolute atomic E-state index is 2.50. The van der Waals surface area contributed by atoms with Gasteiger partial charge in [-0.1, -0.05) is 0 Å². The topological polar surface area (TPSA) is 0 Å². The third-order valence-corrected chi connectivity index (χ3v) is 15.7. The molecule has 0 radical (unpaired) electrons. The fourth-order valence-electron chi connectivity index (χ4n) is 2.90. The zero-order chi connectivity index (χ0) is 14.8. The predicted molar refractivity (Wildman–Crippen MR) is 102 cm³/mol. The van der Waals surface area contributed by atoms with Crippen molar-refractivity contribution in [2.24, 2.45) is 0 Å². The third kappa shape index (κ3) is 2.23. The van der Waals surface area contributed by atoms with Crippen molar-refractivity contribution in [2.75, 3.05) is 0 Å². The van der Waals surface area contributed by atoms with Crippen LogP contribution in [0.15, 0.2) is 36.4 Å². The van der Waals surface area contributed by atoms with E-state index in [1.54, 1.807) is 2.89 Å². The van der Waals surface area contributed by atoms with Gasteiger partial charge in [0.2, 0.25) is 0 Å². The van der Waals surface area contributed by atoms with Crippen LogP contribution in [0.25, 0.3) is 30.9 Å². The van der Waals surface area contributed by atoms with Crippen molar-refractivity contribution in [1.29, 1.82) is 0 Å². The van der Waals surface area contributed by atoms with Crippen molar-refractivity contribution in [3.63, 3.8) is 0 Å². The van der Waals surface area contributed by atoms with Gasteiger partial charge in [0.25, 0.3) is 0 Å². The molecular weight excluding hydrogens is 399 g/mol. The van der Waals surface area contributed by atoms with E-state index in [1.807, 2.05) is 22.7 Å². The van der Waals surface area contributed by atoms with E-state index in [9.17, 15) is 0 Å². The van der Waals surface area contributed by atoms with Gasteiger partial charge in [-0.3, -0.25) is 0 Å². The number of aryl methyl sites for hydroxylation is 1. The molecule has 2 aromatic carbocycles. The van der Waals surface area contributed by atoms with Gasteiger partial charge in [0.1, 0.15) is 0 Å². The average molecular weight is 417 g/mol. The number of hydrogen-bond donors (Lipinski definition) is 0. The molecule has 21 heavy (non-hydrogen) atoms. The Morgan fingerprint density at radius 3 is 1.95 bits per heavy atom. The average Bonchev–Trinajstić information content (AvgIpc) is 2.99. The van der Waals surface area contributed by atoms with E-state index >= 15 is 0 Å². The minimum absolute atomic E-state index is 1.39. The molecule has 0 saturated heterocycles. The Kier molecular flexibility index (Phi) is 3.15. The van der Waals surface area contributed by atoms with Crippen molar-refractivity contribution in [2.45, 2.75) is 21.7 Å². The second-order valence-electron chi connectivity index (χ2n) is 6.78. The summed E-state index contributed by atoms with van der Waals surface area (Å²) < 4.78 is 4.61. The van der Waals surface area contributed by atoms with Crippen molar-refractivity contribution in [3.05, 3.63) is 41.3 Å². The van der Waals surface area contributed by atoms with Crippen LogP contribution in [0.2, 0.25) is 14.8 Å². The van der Waals surface area contributed by atoms with Gasteiger partial charge in [0.05, 0.1) is 0 Å². The first kappa shape index (κ1) is 14.0. The van der Waals surface area contributed by atoms with Crippen LogP contribution >= 0.6 is 22.7 Å². The van der Waals surface area contributed by atoms with Gasteiger partial charge < -0.3 is 0 Å². The summed E-state index contributed by atoms with van der Waals surface area (Å²) in [4.78, 5) is 8.91. The fraction of sp³-hybridized carbons (Fsp3) is 0.222. The summed E-state index contributed by atoms with van der Waals surface area (Å²) in [5, 5.41) is 5.68. The Morgan fingerprint density at radius 1 is 0.762 bits per heavy atom. The Bertz CT molecular complexity index is 983. The summed E-state index contributed by atoms with van der Waals surface area (Å²) in [6.45, 7) is 2.20. The standard InChI is InChI=1S/C15H9S2.3CH3.Sn/c1-9-8-11-3-5-12-13(15(11)17-9)4-2-10-6-7-16-14(10)12;;;;/h2-6,8H,1H3;3*1H3;. The molecule has 2 heterocycles. The molecule has 0 fully saturated rings. The number of hydrogen-bond acceptors (Lipinski definition) is 2. The fourth-order valence-corrected chi connectivity index (χ4v) is 10.4. The second-order valence-corrected chi connectivity index (χ2v) is 24.5. The zero-order valence-corrected chi connectivity index (χ0v) is 17.3. The van der Waals surface area contributed by atoms with E-state index in [0.29, 0.717) is 0 Å². The molecule has 0 saturated carbocycles. The molecule has 0 amide bonds. The number of fused-ring (bicyclic) bond motifs is 5. The van der Waals surface area contributed by atoms with Crippen LogP contribution in [0.5, 0.6) is 0 Å². The zero-order valence-electron chi connectivity index (χ0n) is 12.8. The van der Waals surface area contributed by atoms with Crippen LogP contribution in [0.1, 0.15) is 4.88 Å². The molecular formula is C18H18S2Sn. The molecule has 106 valence electrons. The summed E-state index contributed by atoms with van der Waals surface area (Å²) >= 11 is 1.99. The van der Waals surface area contributed by atoms with Gasteiger partial charge >= 0.3 is 138 Å². The van der Waals surface area contributed by atoms with E-state index in [4.69, 9.17) is 0 Å². The Hall–Kier alpha value is -0.581. The molecule has 0 N–H and O–H groups in total. The molecule has 4 aromatic rings. The normalized spacial score (nSPS) is 12.8. The summed E-state index contributed by atoms with van der Waals surface area (Å²) in [6, 6.07) is 14.0. The van der Waals surface area contributed by atoms with Gasteiger partial charge in [-0.15, -0.1) is 0 Å². The molecule has 2 aromatic heterocycles. The Balaban J connectivity index is 2.13. The molecule has 3 heteroatoms. The van der Waals surface area contributed by atoms with Gasteiger partial charge in [0, 0.05) is 0 Å². The minimum atomic E-state index is -1.98. The van der Waals surface area contributed by atoms with Gasteiger partial charge in [-0.2, -0.15) is 0 Å². The number of benzene rings is 2. The quantitative estimate of drug-likeness (QED) is 0.327. The Labute approximate surface area is 137 Å². The second kappa shape index (κ2) is 4.71. The van der Waals surface area contributed by atoms with Crippen LogP contribution in [0.4, 0.5) is 0 Å². The number of thiophene rings is 2. The van der Waals surface area contributed by atoms with Crippen molar-refractivity contribution in [1.82, 2.24) is 0 Å². The maximum atomic E-state index is 2.50. The van der Waals surface area contributed by atoms with Crippen molar-refractivity contribution in [3.8, 4) is 0 Å². The third-order valence-electron chi connectivity index (χ3n) is 4.02. The van der Waals surface area contributed by atoms with Gasteiger partial charge in [-0.05, 0) is 0 Å². The van der Waals surface area contributed by atoms with Crippen LogP contribution < -0.4 is 2.89 Å². The monoisotopic (exact) mass is 418 g/mol. The molecule has 0 atom stereocenters. The van der Waals surface area contributed by atoms with Crippen LogP contribution in [0, 0.1) is 6.92 Å². The first-order valence-electron chi connectivity index (χ1n) is 7.29. The summed E-state index contributed by atoms with van der Waals surface area (Å²) in [7, 11) is 0. The van der Waals surface area contributed by atoms with E-state index in [1.165, 1.54) is 35.8 Å². The van der Waals surface area contributed by atoms with E-state index < -0.39 is 18.4 Å². The van der Waals surface area contributed by atoms with Crippen LogP contribution in [-0.2, 0) is 0 Å².